The lowest BCUT2D eigenvalue weighted by atomic mass is 10.0. The monoisotopic (exact) mass is 256 g/mol. The molecule has 0 radical (unpaired) electrons. The minimum atomic E-state index is -0.581. The first-order valence-electron chi connectivity index (χ1n) is 5.86. The van der Waals surface area contributed by atoms with Crippen molar-refractivity contribution in [2.45, 2.75) is 11.0 Å². The molecule has 1 N–H and O–H groups in total. The summed E-state index contributed by atoms with van der Waals surface area (Å²) in [4.78, 5) is 1.19. The summed E-state index contributed by atoms with van der Waals surface area (Å²) in [5.74, 6) is 0.722. The van der Waals surface area contributed by atoms with Crippen LogP contribution in [-0.4, -0.2) is 10.9 Å². The second-order valence-electron chi connectivity index (χ2n) is 4.07. The molecular weight excluding hydrogens is 240 g/mol. The van der Waals surface area contributed by atoms with E-state index in [4.69, 9.17) is 0 Å². The molecule has 0 amide bonds. The van der Waals surface area contributed by atoms with Gasteiger partial charge in [0, 0.05) is 10.6 Å². The average Bonchev–Trinajstić information content (AvgIpc) is 2.46. The third-order valence-electron chi connectivity index (χ3n) is 2.67. The van der Waals surface area contributed by atoms with Crippen LogP contribution >= 0.6 is 11.8 Å². The van der Waals surface area contributed by atoms with Gasteiger partial charge < -0.3 is 5.11 Å². The Morgan fingerprint density at radius 1 is 1.00 bits per heavy atom. The van der Waals surface area contributed by atoms with Gasteiger partial charge in [-0.25, -0.2) is 0 Å². The lowest BCUT2D eigenvalue weighted by Gasteiger charge is -2.13. The van der Waals surface area contributed by atoms with E-state index in [1.165, 1.54) is 4.90 Å². The molecule has 1 nitrogen and oxygen atoms in total. The fraction of sp³-hybridized carbons (Fsp3) is 0.125. The molecule has 2 aromatic rings. The van der Waals surface area contributed by atoms with Crippen molar-refractivity contribution in [3.05, 3.63) is 78.4 Å². The summed E-state index contributed by atoms with van der Waals surface area (Å²) in [5, 5.41) is 10.2. The highest BCUT2D eigenvalue weighted by Crippen LogP contribution is 2.26. The van der Waals surface area contributed by atoms with Crippen LogP contribution in [0.1, 0.15) is 11.7 Å². The maximum Gasteiger partial charge on any atom is 0.101 e. The largest absolute Gasteiger partial charge is 0.384 e. The van der Waals surface area contributed by atoms with E-state index in [1.54, 1.807) is 11.8 Å². The van der Waals surface area contributed by atoms with Crippen LogP contribution in [0.4, 0.5) is 0 Å². The minimum Gasteiger partial charge on any atom is -0.384 e. The zero-order valence-electron chi connectivity index (χ0n) is 10.1. The van der Waals surface area contributed by atoms with E-state index in [9.17, 15) is 5.11 Å². The summed E-state index contributed by atoms with van der Waals surface area (Å²) >= 11 is 1.69. The molecule has 92 valence electrons. The molecule has 1 unspecified atom stereocenters. The Labute approximate surface area is 112 Å². The molecule has 1 atom stereocenters. The molecule has 0 bridgehead atoms. The number of aliphatic hydroxyl groups excluding tert-OH is 1. The average molecular weight is 256 g/mol. The number of thioether (sulfide) groups is 1. The highest BCUT2D eigenvalue weighted by atomic mass is 32.2. The van der Waals surface area contributed by atoms with Crippen LogP contribution in [0.2, 0.25) is 0 Å². The molecule has 0 saturated carbocycles. The molecule has 18 heavy (non-hydrogen) atoms. The van der Waals surface area contributed by atoms with Crippen LogP contribution < -0.4 is 0 Å². The van der Waals surface area contributed by atoms with E-state index in [-0.39, 0.29) is 0 Å². The fourth-order valence-electron chi connectivity index (χ4n) is 1.64. The van der Waals surface area contributed by atoms with Crippen molar-refractivity contribution < 1.29 is 5.11 Å². The molecule has 0 aliphatic rings. The van der Waals surface area contributed by atoms with Gasteiger partial charge in [-0.2, -0.15) is 0 Å². The van der Waals surface area contributed by atoms with Gasteiger partial charge in [0.05, 0.1) is 0 Å². The van der Waals surface area contributed by atoms with Gasteiger partial charge in [-0.1, -0.05) is 55.1 Å². The second-order valence-corrected chi connectivity index (χ2v) is 5.12. The SMILES string of the molecule is C=C(CSc1ccccc1)C(O)c1ccccc1. The fourth-order valence-corrected chi connectivity index (χ4v) is 2.50. The van der Waals surface area contributed by atoms with Gasteiger partial charge in [0.2, 0.25) is 0 Å². The molecule has 0 aliphatic heterocycles. The van der Waals surface area contributed by atoms with Crippen LogP contribution in [0, 0.1) is 0 Å². The van der Waals surface area contributed by atoms with Crippen LogP contribution in [0.5, 0.6) is 0 Å². The number of aliphatic hydroxyl groups is 1. The maximum absolute atomic E-state index is 10.2. The first-order valence-corrected chi connectivity index (χ1v) is 6.84. The molecule has 0 aromatic heterocycles. The third-order valence-corrected chi connectivity index (χ3v) is 3.79. The van der Waals surface area contributed by atoms with Gasteiger partial charge in [0.1, 0.15) is 6.10 Å². The van der Waals surface area contributed by atoms with Crippen molar-refractivity contribution in [2.24, 2.45) is 0 Å². The number of benzene rings is 2. The number of hydrogen-bond acceptors (Lipinski definition) is 2. The Bertz CT molecular complexity index is 493. The van der Waals surface area contributed by atoms with E-state index in [2.05, 4.69) is 18.7 Å². The van der Waals surface area contributed by atoms with Crippen LogP contribution in [0.15, 0.2) is 77.7 Å². The number of rotatable bonds is 5. The zero-order valence-corrected chi connectivity index (χ0v) is 10.9. The predicted octanol–water partition coefficient (Wildman–Crippen LogP) is 4.07. The van der Waals surface area contributed by atoms with Crippen LogP contribution in [0.3, 0.4) is 0 Å². The summed E-state index contributed by atoms with van der Waals surface area (Å²) in [6, 6.07) is 19.8. The second kappa shape index (κ2) is 6.43. The highest BCUT2D eigenvalue weighted by Gasteiger charge is 2.11. The quantitative estimate of drug-likeness (QED) is 0.643. The van der Waals surface area contributed by atoms with Crippen molar-refractivity contribution >= 4 is 11.8 Å². The molecule has 0 saturated heterocycles. The molecule has 0 aliphatic carbocycles. The van der Waals surface area contributed by atoms with E-state index >= 15 is 0 Å². The third kappa shape index (κ3) is 3.49. The van der Waals surface area contributed by atoms with Gasteiger partial charge in [-0.15, -0.1) is 11.8 Å². The van der Waals surface area contributed by atoms with E-state index in [0.717, 1.165) is 16.9 Å². The van der Waals surface area contributed by atoms with Gasteiger partial charge in [-0.05, 0) is 23.3 Å². The Kier molecular flexibility index (Phi) is 4.62. The lowest BCUT2D eigenvalue weighted by molar-refractivity contribution is 0.217. The van der Waals surface area contributed by atoms with Gasteiger partial charge in [0.25, 0.3) is 0 Å². The van der Waals surface area contributed by atoms with Crippen molar-refractivity contribution in [3.8, 4) is 0 Å². The van der Waals surface area contributed by atoms with Crippen molar-refractivity contribution in [3.63, 3.8) is 0 Å². The Morgan fingerprint density at radius 3 is 2.17 bits per heavy atom. The molecule has 0 spiro atoms. The van der Waals surface area contributed by atoms with Crippen LogP contribution in [-0.2, 0) is 0 Å². The van der Waals surface area contributed by atoms with Gasteiger partial charge >= 0.3 is 0 Å². The van der Waals surface area contributed by atoms with E-state index in [0.29, 0.717) is 0 Å². The van der Waals surface area contributed by atoms with Crippen molar-refractivity contribution in [1.82, 2.24) is 0 Å². The molecule has 0 heterocycles. The number of hydrogen-bond donors (Lipinski definition) is 1. The van der Waals surface area contributed by atoms with E-state index < -0.39 is 6.10 Å². The van der Waals surface area contributed by atoms with Crippen LogP contribution in [0.25, 0.3) is 0 Å². The topological polar surface area (TPSA) is 20.2 Å². The summed E-state index contributed by atoms with van der Waals surface area (Å²) in [6.07, 6.45) is -0.581. The maximum atomic E-state index is 10.2. The first-order chi connectivity index (χ1) is 8.77. The Hall–Kier alpha value is -1.51. The highest BCUT2D eigenvalue weighted by molar-refractivity contribution is 7.99. The Balaban J connectivity index is 1.93. The van der Waals surface area contributed by atoms with Gasteiger partial charge in [0.15, 0.2) is 0 Å². The molecule has 0 fully saturated rings. The minimum absolute atomic E-state index is 0.581. The smallest absolute Gasteiger partial charge is 0.101 e. The normalized spacial score (nSPS) is 12.1. The summed E-state index contributed by atoms with van der Waals surface area (Å²) in [6.45, 7) is 3.98. The lowest BCUT2D eigenvalue weighted by Crippen LogP contribution is -2.02. The molecule has 2 rings (SSSR count). The molecular formula is C16H16OS. The van der Waals surface area contributed by atoms with E-state index in [1.807, 2.05) is 48.5 Å². The summed E-state index contributed by atoms with van der Waals surface area (Å²) in [5.41, 5.74) is 1.73. The van der Waals surface area contributed by atoms with Crippen molar-refractivity contribution in [2.75, 3.05) is 5.75 Å². The zero-order chi connectivity index (χ0) is 12.8. The molecule has 2 aromatic carbocycles. The summed E-state index contributed by atoms with van der Waals surface area (Å²) < 4.78 is 0. The summed E-state index contributed by atoms with van der Waals surface area (Å²) in [7, 11) is 0. The Morgan fingerprint density at radius 2 is 1.56 bits per heavy atom. The molecule has 2 heteroatoms. The van der Waals surface area contributed by atoms with Gasteiger partial charge in [-0.3, -0.25) is 0 Å². The first kappa shape index (κ1) is 12.9. The standard InChI is InChI=1S/C16H16OS/c1-13(12-18-15-10-6-3-7-11-15)16(17)14-8-4-2-5-9-14/h2-11,16-17H,1,12H2. The predicted molar refractivity (Wildman–Crippen MR) is 77.7 cm³/mol. The van der Waals surface area contributed by atoms with Crippen molar-refractivity contribution in [1.29, 1.82) is 0 Å².